The second kappa shape index (κ2) is 6.15. The maximum atomic E-state index is 5.84. The van der Waals surface area contributed by atoms with E-state index in [0.717, 1.165) is 11.3 Å². The van der Waals surface area contributed by atoms with Crippen molar-refractivity contribution < 1.29 is 0 Å². The van der Waals surface area contributed by atoms with Crippen LogP contribution < -0.4 is 11.1 Å². The molecule has 0 aliphatic rings. The number of benzene rings is 1. The molecule has 6 heteroatoms. The normalized spacial score (nSPS) is 12.0. The predicted octanol–water partition coefficient (Wildman–Crippen LogP) is 1.98. The van der Waals surface area contributed by atoms with Crippen LogP contribution in [0.3, 0.4) is 0 Å². The molecule has 0 spiro atoms. The van der Waals surface area contributed by atoms with E-state index in [1.165, 1.54) is 0 Å². The van der Waals surface area contributed by atoms with Gasteiger partial charge >= 0.3 is 0 Å². The van der Waals surface area contributed by atoms with E-state index in [1.807, 2.05) is 42.5 Å². The van der Waals surface area contributed by atoms with Crippen LogP contribution in [0.15, 0.2) is 54.9 Å². The number of hydrogen-bond donors (Lipinski definition) is 3. The Morgan fingerprint density at radius 2 is 1.86 bits per heavy atom. The van der Waals surface area contributed by atoms with Gasteiger partial charge in [0.1, 0.15) is 5.82 Å². The molecule has 0 bridgehead atoms. The monoisotopic (exact) mass is 280 g/mol. The summed E-state index contributed by atoms with van der Waals surface area (Å²) >= 11 is 0. The zero-order valence-electron chi connectivity index (χ0n) is 11.4. The first-order valence-corrected chi connectivity index (χ1v) is 6.71. The minimum atomic E-state index is -0.115. The second-order valence-electron chi connectivity index (χ2n) is 4.58. The Morgan fingerprint density at radius 3 is 2.57 bits per heavy atom. The number of anilines is 1. The lowest BCUT2D eigenvalue weighted by Crippen LogP contribution is -2.21. The molecule has 6 nitrogen and oxygen atoms in total. The molecule has 3 aromatic rings. The van der Waals surface area contributed by atoms with Gasteiger partial charge in [0.25, 0.3) is 0 Å². The van der Waals surface area contributed by atoms with Gasteiger partial charge in [-0.25, -0.2) is 4.98 Å². The lowest BCUT2D eigenvalue weighted by Gasteiger charge is -2.15. The molecule has 21 heavy (non-hydrogen) atoms. The molecule has 1 aromatic carbocycles. The summed E-state index contributed by atoms with van der Waals surface area (Å²) in [6.45, 7) is 0.417. The number of rotatable bonds is 5. The van der Waals surface area contributed by atoms with E-state index in [4.69, 9.17) is 5.73 Å². The lowest BCUT2D eigenvalue weighted by atomic mass is 10.2. The van der Waals surface area contributed by atoms with Gasteiger partial charge in [0, 0.05) is 30.2 Å². The fourth-order valence-electron chi connectivity index (χ4n) is 2.03. The van der Waals surface area contributed by atoms with Gasteiger partial charge in [-0.3, -0.25) is 10.1 Å². The van der Waals surface area contributed by atoms with Crippen molar-refractivity contribution in [2.45, 2.75) is 6.04 Å². The SMILES string of the molecule is NCC(Nc1ccccc1)c1nc(-c2ccncc2)n[nH]1. The van der Waals surface area contributed by atoms with Crippen molar-refractivity contribution in [1.82, 2.24) is 20.2 Å². The molecule has 2 aromatic heterocycles. The number of nitrogens with two attached hydrogens (primary N) is 1. The lowest BCUT2D eigenvalue weighted by molar-refractivity contribution is 0.730. The predicted molar refractivity (Wildman–Crippen MR) is 81.5 cm³/mol. The number of para-hydroxylation sites is 1. The summed E-state index contributed by atoms with van der Waals surface area (Å²) in [7, 11) is 0. The average Bonchev–Trinajstić information content (AvgIpc) is 3.04. The van der Waals surface area contributed by atoms with Gasteiger partial charge in [-0.05, 0) is 24.3 Å². The summed E-state index contributed by atoms with van der Waals surface area (Å²) in [6.07, 6.45) is 3.43. The zero-order chi connectivity index (χ0) is 14.5. The third kappa shape index (κ3) is 3.06. The van der Waals surface area contributed by atoms with Crippen LogP contribution in [-0.4, -0.2) is 26.7 Å². The van der Waals surface area contributed by atoms with Crippen molar-refractivity contribution in [3.05, 3.63) is 60.7 Å². The Morgan fingerprint density at radius 1 is 1.10 bits per heavy atom. The molecule has 1 atom stereocenters. The van der Waals surface area contributed by atoms with Crippen LogP contribution in [0.25, 0.3) is 11.4 Å². The first kappa shape index (κ1) is 13.3. The molecule has 2 heterocycles. The highest BCUT2D eigenvalue weighted by molar-refractivity contribution is 5.53. The number of nitrogens with one attached hydrogen (secondary N) is 2. The second-order valence-corrected chi connectivity index (χ2v) is 4.58. The number of aromatic nitrogens is 4. The third-order valence-electron chi connectivity index (χ3n) is 3.12. The van der Waals surface area contributed by atoms with Gasteiger partial charge in [-0.2, -0.15) is 5.10 Å². The molecule has 106 valence electrons. The van der Waals surface area contributed by atoms with E-state index in [0.29, 0.717) is 18.2 Å². The first-order chi connectivity index (χ1) is 10.4. The van der Waals surface area contributed by atoms with Gasteiger partial charge in [-0.15, -0.1) is 0 Å². The van der Waals surface area contributed by atoms with Gasteiger partial charge in [-0.1, -0.05) is 18.2 Å². The fourth-order valence-corrected chi connectivity index (χ4v) is 2.03. The van der Waals surface area contributed by atoms with Crippen molar-refractivity contribution in [2.24, 2.45) is 5.73 Å². The topological polar surface area (TPSA) is 92.5 Å². The zero-order valence-corrected chi connectivity index (χ0v) is 11.4. The summed E-state index contributed by atoms with van der Waals surface area (Å²) in [5.41, 5.74) is 7.75. The number of H-pyrrole nitrogens is 1. The molecule has 3 rings (SSSR count). The summed E-state index contributed by atoms with van der Waals surface area (Å²) in [4.78, 5) is 8.50. The maximum absolute atomic E-state index is 5.84. The smallest absolute Gasteiger partial charge is 0.181 e. The first-order valence-electron chi connectivity index (χ1n) is 6.71. The van der Waals surface area contributed by atoms with Crippen LogP contribution in [-0.2, 0) is 0 Å². The summed E-state index contributed by atoms with van der Waals surface area (Å²) < 4.78 is 0. The summed E-state index contributed by atoms with van der Waals surface area (Å²) in [6, 6.07) is 13.5. The molecule has 1 unspecified atom stereocenters. The molecule has 0 saturated heterocycles. The molecule has 0 saturated carbocycles. The van der Waals surface area contributed by atoms with Crippen molar-refractivity contribution in [1.29, 1.82) is 0 Å². The minimum Gasteiger partial charge on any atom is -0.374 e. The number of hydrogen-bond acceptors (Lipinski definition) is 5. The van der Waals surface area contributed by atoms with Gasteiger partial charge < -0.3 is 11.1 Å². The highest BCUT2D eigenvalue weighted by Gasteiger charge is 2.15. The quantitative estimate of drug-likeness (QED) is 0.664. The van der Waals surface area contributed by atoms with Crippen molar-refractivity contribution in [3.63, 3.8) is 0 Å². The Labute approximate surface area is 122 Å². The summed E-state index contributed by atoms with van der Waals surface area (Å²) in [5.74, 6) is 1.36. The molecule has 0 amide bonds. The van der Waals surface area contributed by atoms with Crippen molar-refractivity contribution in [3.8, 4) is 11.4 Å². The van der Waals surface area contributed by atoms with E-state index in [-0.39, 0.29) is 6.04 Å². The van der Waals surface area contributed by atoms with E-state index in [9.17, 15) is 0 Å². The molecule has 0 aliphatic carbocycles. The Balaban J connectivity index is 1.81. The van der Waals surface area contributed by atoms with Crippen LogP contribution >= 0.6 is 0 Å². The standard InChI is InChI=1S/C15H16N6/c16-10-13(18-12-4-2-1-3-5-12)15-19-14(20-21-15)11-6-8-17-9-7-11/h1-9,13,18H,10,16H2,(H,19,20,21). The van der Waals surface area contributed by atoms with Crippen LogP contribution in [0.5, 0.6) is 0 Å². The van der Waals surface area contributed by atoms with E-state index < -0.39 is 0 Å². The molecular weight excluding hydrogens is 264 g/mol. The van der Waals surface area contributed by atoms with Crippen LogP contribution in [0.1, 0.15) is 11.9 Å². The number of nitrogens with zero attached hydrogens (tertiary/aromatic N) is 3. The maximum Gasteiger partial charge on any atom is 0.181 e. The van der Waals surface area contributed by atoms with Gasteiger partial charge in [0.05, 0.1) is 6.04 Å². The van der Waals surface area contributed by atoms with Crippen LogP contribution in [0, 0.1) is 0 Å². The molecule has 0 radical (unpaired) electrons. The van der Waals surface area contributed by atoms with Crippen molar-refractivity contribution >= 4 is 5.69 Å². The number of aromatic amines is 1. The Bertz CT molecular complexity index is 680. The molecule has 0 fully saturated rings. The fraction of sp³-hybridized carbons (Fsp3) is 0.133. The van der Waals surface area contributed by atoms with E-state index >= 15 is 0 Å². The minimum absolute atomic E-state index is 0.115. The Kier molecular flexibility index (Phi) is 3.88. The average molecular weight is 280 g/mol. The molecular formula is C15H16N6. The van der Waals surface area contributed by atoms with Crippen molar-refractivity contribution in [2.75, 3.05) is 11.9 Å². The van der Waals surface area contributed by atoms with Crippen LogP contribution in [0.2, 0.25) is 0 Å². The highest BCUT2D eigenvalue weighted by atomic mass is 15.2. The van der Waals surface area contributed by atoms with E-state index in [1.54, 1.807) is 12.4 Å². The van der Waals surface area contributed by atoms with Crippen LogP contribution in [0.4, 0.5) is 5.69 Å². The molecule has 0 aliphatic heterocycles. The molecule has 4 N–H and O–H groups in total. The summed E-state index contributed by atoms with van der Waals surface area (Å²) in [5, 5.41) is 10.5. The Hall–Kier alpha value is -2.73. The largest absolute Gasteiger partial charge is 0.374 e. The van der Waals surface area contributed by atoms with Gasteiger partial charge in [0.2, 0.25) is 0 Å². The van der Waals surface area contributed by atoms with Gasteiger partial charge in [0.15, 0.2) is 5.82 Å². The highest BCUT2D eigenvalue weighted by Crippen LogP contribution is 2.18. The number of pyridine rings is 1. The third-order valence-corrected chi connectivity index (χ3v) is 3.12. The van der Waals surface area contributed by atoms with E-state index in [2.05, 4.69) is 25.5 Å².